The zero-order valence-electron chi connectivity index (χ0n) is 13.1. The predicted octanol–water partition coefficient (Wildman–Crippen LogP) is 5.20. The van der Waals surface area contributed by atoms with Gasteiger partial charge in [0.2, 0.25) is 0 Å². The van der Waals surface area contributed by atoms with Crippen LogP contribution >= 0.6 is 7.92 Å². The van der Waals surface area contributed by atoms with Crippen molar-refractivity contribution in [2.24, 2.45) is 0 Å². The van der Waals surface area contributed by atoms with Gasteiger partial charge in [-0.05, 0) is 34.9 Å². The van der Waals surface area contributed by atoms with E-state index < -0.39 is 31.4 Å². The molecule has 0 fully saturated rings. The van der Waals surface area contributed by atoms with Crippen molar-refractivity contribution in [1.82, 2.24) is 0 Å². The maximum absolute atomic E-state index is 12.8. The third-order valence-electron chi connectivity index (χ3n) is 3.81. The molecule has 0 aliphatic heterocycles. The van der Waals surface area contributed by atoms with Crippen molar-refractivity contribution >= 4 is 23.8 Å². The molecule has 136 valence electrons. The number of hydrogen-bond donors (Lipinski definition) is 0. The van der Waals surface area contributed by atoms with Crippen LogP contribution in [0.25, 0.3) is 0 Å². The van der Waals surface area contributed by atoms with E-state index in [2.05, 4.69) is 0 Å². The standard InChI is InChI=1S/C19H12F6P/c20-18(21,22)13-5-9-16(10-6-13)26(15-3-1-2-4-15)17-11-7-14(8-12-17)19(23,24)25/h1-12H/q-1. The van der Waals surface area contributed by atoms with E-state index in [9.17, 15) is 26.3 Å². The van der Waals surface area contributed by atoms with E-state index in [1.54, 1.807) is 12.1 Å². The van der Waals surface area contributed by atoms with Gasteiger partial charge in [-0.3, -0.25) is 0 Å². The molecular formula is C19H12F6P-. The summed E-state index contributed by atoms with van der Waals surface area (Å²) in [5.41, 5.74) is -1.52. The summed E-state index contributed by atoms with van der Waals surface area (Å²) >= 11 is 0. The summed E-state index contributed by atoms with van der Waals surface area (Å²) < 4.78 is 76.6. The van der Waals surface area contributed by atoms with Crippen LogP contribution in [-0.2, 0) is 12.4 Å². The van der Waals surface area contributed by atoms with Gasteiger partial charge in [0, 0.05) is 0 Å². The van der Waals surface area contributed by atoms with Crippen LogP contribution < -0.4 is 15.9 Å². The van der Waals surface area contributed by atoms with Crippen molar-refractivity contribution in [3.05, 3.63) is 83.9 Å². The van der Waals surface area contributed by atoms with Crippen LogP contribution in [0.4, 0.5) is 26.3 Å². The van der Waals surface area contributed by atoms with Gasteiger partial charge in [-0.1, -0.05) is 32.2 Å². The van der Waals surface area contributed by atoms with Crippen molar-refractivity contribution in [3.8, 4) is 0 Å². The number of halogens is 6. The molecule has 3 rings (SSSR count). The smallest absolute Gasteiger partial charge is 0.206 e. The molecule has 0 saturated heterocycles. The van der Waals surface area contributed by atoms with E-state index in [-0.39, 0.29) is 0 Å². The van der Waals surface area contributed by atoms with Crippen molar-refractivity contribution < 1.29 is 26.3 Å². The maximum atomic E-state index is 12.8. The second kappa shape index (κ2) is 6.84. The molecule has 0 amide bonds. The molecule has 26 heavy (non-hydrogen) atoms. The molecule has 0 aliphatic carbocycles. The molecule has 0 saturated carbocycles. The minimum atomic E-state index is -4.43. The molecule has 0 bridgehead atoms. The molecule has 7 heteroatoms. The number of benzene rings is 2. The highest BCUT2D eigenvalue weighted by molar-refractivity contribution is 7.79. The van der Waals surface area contributed by atoms with Gasteiger partial charge in [0.1, 0.15) is 0 Å². The van der Waals surface area contributed by atoms with Crippen molar-refractivity contribution in [3.63, 3.8) is 0 Å². The third-order valence-corrected chi connectivity index (χ3v) is 6.25. The maximum Gasteiger partial charge on any atom is 0.416 e. The van der Waals surface area contributed by atoms with Gasteiger partial charge in [-0.2, -0.15) is 49.8 Å². The number of alkyl halides is 6. The quantitative estimate of drug-likeness (QED) is 0.330. The topological polar surface area (TPSA) is 0 Å². The third kappa shape index (κ3) is 3.96. The van der Waals surface area contributed by atoms with Crippen molar-refractivity contribution in [2.75, 3.05) is 0 Å². The van der Waals surface area contributed by atoms with E-state index in [4.69, 9.17) is 0 Å². The van der Waals surface area contributed by atoms with E-state index in [1.807, 2.05) is 12.1 Å². The zero-order chi connectivity index (χ0) is 18.9. The highest BCUT2D eigenvalue weighted by atomic mass is 31.1. The highest BCUT2D eigenvalue weighted by Crippen LogP contribution is 2.36. The summed E-state index contributed by atoms with van der Waals surface area (Å²) in [5.74, 6) is 0. The second-order valence-electron chi connectivity index (χ2n) is 5.57. The first kappa shape index (κ1) is 18.6. The van der Waals surface area contributed by atoms with Crippen LogP contribution in [-0.4, -0.2) is 0 Å². The molecule has 0 unspecified atom stereocenters. The Labute approximate surface area is 147 Å². The van der Waals surface area contributed by atoms with Gasteiger partial charge in [-0.25, -0.2) is 6.07 Å². The Morgan fingerprint density at radius 1 is 0.577 bits per heavy atom. The van der Waals surface area contributed by atoms with E-state index in [0.29, 0.717) is 10.6 Å². The lowest BCUT2D eigenvalue weighted by Crippen LogP contribution is -2.20. The molecular weight excluding hydrogens is 373 g/mol. The lowest BCUT2D eigenvalue weighted by Gasteiger charge is -2.24. The summed E-state index contributed by atoms with van der Waals surface area (Å²) in [4.78, 5) is 0. The first-order chi connectivity index (χ1) is 12.2. The lowest BCUT2D eigenvalue weighted by atomic mass is 10.2. The molecule has 3 aromatic rings. The SMILES string of the molecule is FC(F)(F)c1ccc(P(c2ccc(C(F)(F)F)cc2)c2cc[cH-]c2)cc1. The average molecular weight is 385 g/mol. The summed E-state index contributed by atoms with van der Waals surface area (Å²) in [5, 5.41) is 2.14. The fraction of sp³-hybridized carbons (Fsp3) is 0.105. The first-order valence-electron chi connectivity index (χ1n) is 7.52. The van der Waals surface area contributed by atoms with Crippen LogP contribution in [0.3, 0.4) is 0 Å². The summed E-state index contributed by atoms with van der Waals surface area (Å²) in [6, 6.07) is 16.8. The van der Waals surface area contributed by atoms with Gasteiger partial charge in [0.15, 0.2) is 0 Å². The Morgan fingerprint density at radius 2 is 1.00 bits per heavy atom. The van der Waals surface area contributed by atoms with E-state index in [1.165, 1.54) is 24.3 Å². The Kier molecular flexibility index (Phi) is 4.89. The largest absolute Gasteiger partial charge is 0.416 e. The Hall–Kier alpha value is -2.20. The van der Waals surface area contributed by atoms with Crippen LogP contribution in [0.15, 0.2) is 72.8 Å². The fourth-order valence-electron chi connectivity index (χ4n) is 2.56. The second-order valence-corrected chi connectivity index (χ2v) is 7.79. The summed E-state index contributed by atoms with van der Waals surface area (Å²) in [7, 11) is -1.24. The molecule has 0 aliphatic rings. The zero-order valence-corrected chi connectivity index (χ0v) is 14.0. The predicted molar refractivity (Wildman–Crippen MR) is 90.7 cm³/mol. The van der Waals surface area contributed by atoms with Gasteiger partial charge >= 0.3 is 12.4 Å². The van der Waals surface area contributed by atoms with Gasteiger partial charge in [0.05, 0.1) is 11.1 Å². The Bertz CT molecular complexity index is 786. The Morgan fingerprint density at radius 3 is 1.31 bits per heavy atom. The first-order valence-corrected chi connectivity index (χ1v) is 8.87. The number of rotatable bonds is 3. The molecule has 0 heterocycles. The van der Waals surface area contributed by atoms with Crippen LogP contribution in [0.2, 0.25) is 0 Å². The normalized spacial score (nSPS) is 12.6. The molecule has 0 nitrogen and oxygen atoms in total. The van der Waals surface area contributed by atoms with Crippen LogP contribution in [0.1, 0.15) is 11.1 Å². The fourth-order valence-corrected chi connectivity index (χ4v) is 4.82. The molecule has 0 radical (unpaired) electrons. The molecule has 0 aromatic heterocycles. The van der Waals surface area contributed by atoms with Crippen LogP contribution in [0, 0.1) is 0 Å². The summed E-state index contributed by atoms with van der Waals surface area (Å²) in [6.45, 7) is 0. The van der Waals surface area contributed by atoms with Crippen molar-refractivity contribution in [2.45, 2.75) is 12.4 Å². The van der Waals surface area contributed by atoms with E-state index >= 15 is 0 Å². The molecule has 0 N–H and O–H groups in total. The molecule has 0 spiro atoms. The number of hydrogen-bond acceptors (Lipinski definition) is 0. The lowest BCUT2D eigenvalue weighted by molar-refractivity contribution is -0.138. The van der Waals surface area contributed by atoms with Gasteiger partial charge in [-0.15, -0.1) is 0 Å². The summed E-state index contributed by atoms with van der Waals surface area (Å²) in [6.07, 6.45) is -8.87. The molecule has 3 aromatic carbocycles. The molecule has 0 atom stereocenters. The van der Waals surface area contributed by atoms with Gasteiger partial charge in [0.25, 0.3) is 0 Å². The van der Waals surface area contributed by atoms with Crippen molar-refractivity contribution in [1.29, 1.82) is 0 Å². The van der Waals surface area contributed by atoms with Crippen LogP contribution in [0.5, 0.6) is 0 Å². The highest BCUT2D eigenvalue weighted by Gasteiger charge is 2.31. The Balaban J connectivity index is 2.02. The van der Waals surface area contributed by atoms with Gasteiger partial charge < -0.3 is 0 Å². The monoisotopic (exact) mass is 385 g/mol. The van der Waals surface area contributed by atoms with E-state index in [0.717, 1.165) is 29.6 Å². The average Bonchev–Trinajstić information content (AvgIpc) is 3.08. The minimum Gasteiger partial charge on any atom is -0.206 e. The minimum absolute atomic E-state index is 0.638.